The third-order valence-electron chi connectivity index (χ3n) is 5.14. The second-order valence-corrected chi connectivity index (χ2v) is 7.31. The molecule has 0 aliphatic carbocycles. The second kappa shape index (κ2) is 9.71. The minimum Gasteiger partial charge on any atom is -0.495 e. The Kier molecular flexibility index (Phi) is 6.37. The molecule has 4 aromatic carbocycles. The van der Waals surface area contributed by atoms with E-state index < -0.39 is 0 Å². The van der Waals surface area contributed by atoms with E-state index in [9.17, 15) is 4.79 Å². The Morgan fingerprint density at radius 2 is 1.16 bits per heavy atom. The largest absolute Gasteiger partial charge is 0.495 e. The summed E-state index contributed by atoms with van der Waals surface area (Å²) >= 11 is 0. The lowest BCUT2D eigenvalue weighted by Crippen LogP contribution is -2.15. The number of carbonyl (C=O) groups excluding carboxylic acids is 1. The molecule has 0 spiro atoms. The molecule has 0 bridgehead atoms. The number of amides is 1. The Bertz CT molecular complexity index is 1240. The molecule has 0 aliphatic heterocycles. The van der Waals surface area contributed by atoms with Crippen molar-refractivity contribution in [3.8, 4) is 5.75 Å². The van der Waals surface area contributed by atoms with Crippen LogP contribution in [0.3, 0.4) is 0 Å². The van der Waals surface area contributed by atoms with Crippen molar-refractivity contribution in [1.82, 2.24) is 0 Å². The minimum absolute atomic E-state index is 0.198. The number of para-hydroxylation sites is 6. The van der Waals surface area contributed by atoms with Crippen LogP contribution in [0.15, 0.2) is 97.1 Å². The van der Waals surface area contributed by atoms with E-state index in [2.05, 4.69) is 16.0 Å². The Labute approximate surface area is 188 Å². The van der Waals surface area contributed by atoms with Gasteiger partial charge in [-0.3, -0.25) is 4.79 Å². The summed E-state index contributed by atoms with van der Waals surface area (Å²) in [7, 11) is 1.63. The predicted molar refractivity (Wildman–Crippen MR) is 132 cm³/mol. The third-order valence-corrected chi connectivity index (χ3v) is 5.14. The standard InChI is InChI=1S/C27H25N3O2/c1-19-11-3-5-13-21(19)28-22-14-6-4-12-20(22)27(31)30-24-16-8-7-15-23(24)29-25-17-9-10-18-26(25)32-2/h3-18,28-29H,1-2H3,(H,30,31). The first kappa shape index (κ1) is 21.0. The molecule has 0 radical (unpaired) electrons. The van der Waals surface area contributed by atoms with Gasteiger partial charge >= 0.3 is 0 Å². The first-order valence-electron chi connectivity index (χ1n) is 10.4. The molecule has 0 aliphatic rings. The van der Waals surface area contributed by atoms with Gasteiger partial charge in [0.15, 0.2) is 0 Å². The molecule has 4 aromatic rings. The molecule has 5 nitrogen and oxygen atoms in total. The molecule has 0 unspecified atom stereocenters. The lowest BCUT2D eigenvalue weighted by molar-refractivity contribution is 0.102. The number of ether oxygens (including phenoxy) is 1. The molecular weight excluding hydrogens is 398 g/mol. The summed E-state index contributed by atoms with van der Waals surface area (Å²) < 4.78 is 5.43. The van der Waals surface area contributed by atoms with Gasteiger partial charge in [-0.1, -0.05) is 54.6 Å². The van der Waals surface area contributed by atoms with Crippen LogP contribution in [-0.4, -0.2) is 13.0 Å². The van der Waals surface area contributed by atoms with Crippen molar-refractivity contribution in [2.45, 2.75) is 6.92 Å². The summed E-state index contributed by atoms with van der Waals surface area (Å²) in [5.74, 6) is 0.525. The van der Waals surface area contributed by atoms with E-state index in [0.717, 1.165) is 34.1 Å². The number of nitrogens with one attached hydrogen (secondary N) is 3. The van der Waals surface area contributed by atoms with E-state index in [1.54, 1.807) is 7.11 Å². The van der Waals surface area contributed by atoms with Crippen LogP contribution < -0.4 is 20.7 Å². The van der Waals surface area contributed by atoms with Crippen molar-refractivity contribution >= 4 is 34.3 Å². The van der Waals surface area contributed by atoms with Crippen molar-refractivity contribution in [3.63, 3.8) is 0 Å². The van der Waals surface area contributed by atoms with E-state index >= 15 is 0 Å². The average molecular weight is 424 g/mol. The number of rotatable bonds is 7. The zero-order valence-electron chi connectivity index (χ0n) is 18.1. The summed E-state index contributed by atoms with van der Waals surface area (Å²) in [5.41, 5.74) is 5.64. The highest BCUT2D eigenvalue weighted by atomic mass is 16.5. The maximum atomic E-state index is 13.2. The zero-order chi connectivity index (χ0) is 22.3. The summed E-state index contributed by atoms with van der Waals surface area (Å²) in [4.78, 5) is 13.2. The Hall–Kier alpha value is -4.25. The van der Waals surface area contributed by atoms with Gasteiger partial charge in [-0.15, -0.1) is 0 Å². The molecule has 5 heteroatoms. The van der Waals surface area contributed by atoms with Crippen LogP contribution in [0.5, 0.6) is 5.75 Å². The quantitative estimate of drug-likeness (QED) is 0.308. The Morgan fingerprint density at radius 3 is 1.88 bits per heavy atom. The van der Waals surface area contributed by atoms with Crippen molar-refractivity contribution in [3.05, 3.63) is 108 Å². The van der Waals surface area contributed by atoms with Gasteiger partial charge in [-0.2, -0.15) is 0 Å². The van der Waals surface area contributed by atoms with Crippen LogP contribution >= 0.6 is 0 Å². The molecule has 4 rings (SSSR count). The average Bonchev–Trinajstić information content (AvgIpc) is 2.82. The lowest BCUT2D eigenvalue weighted by Gasteiger charge is -2.17. The number of hydrogen-bond donors (Lipinski definition) is 3. The predicted octanol–water partition coefficient (Wildman–Crippen LogP) is 6.74. The highest BCUT2D eigenvalue weighted by molar-refractivity contribution is 6.09. The number of aryl methyl sites for hydroxylation is 1. The summed E-state index contributed by atoms with van der Waals surface area (Å²) in [6.45, 7) is 2.03. The van der Waals surface area contributed by atoms with Crippen LogP contribution in [0, 0.1) is 6.92 Å². The molecule has 0 aromatic heterocycles. The van der Waals surface area contributed by atoms with Crippen LogP contribution in [0.1, 0.15) is 15.9 Å². The molecule has 32 heavy (non-hydrogen) atoms. The maximum Gasteiger partial charge on any atom is 0.257 e. The van der Waals surface area contributed by atoms with E-state index in [1.165, 1.54) is 0 Å². The van der Waals surface area contributed by atoms with Gasteiger partial charge in [0.1, 0.15) is 5.75 Å². The van der Waals surface area contributed by atoms with Gasteiger partial charge in [0.2, 0.25) is 0 Å². The van der Waals surface area contributed by atoms with Crippen LogP contribution in [0.2, 0.25) is 0 Å². The normalized spacial score (nSPS) is 10.3. The Balaban J connectivity index is 1.59. The molecule has 0 heterocycles. The summed E-state index contributed by atoms with van der Waals surface area (Å²) in [6, 6.07) is 30.7. The molecule has 160 valence electrons. The van der Waals surface area contributed by atoms with Crippen LogP contribution in [0.25, 0.3) is 0 Å². The maximum absolute atomic E-state index is 13.2. The van der Waals surface area contributed by atoms with Crippen molar-refractivity contribution in [2.75, 3.05) is 23.1 Å². The smallest absolute Gasteiger partial charge is 0.257 e. The minimum atomic E-state index is -0.198. The van der Waals surface area contributed by atoms with Gasteiger partial charge in [-0.05, 0) is 55.0 Å². The molecule has 1 amide bonds. The van der Waals surface area contributed by atoms with Crippen molar-refractivity contribution in [2.24, 2.45) is 0 Å². The summed E-state index contributed by atoms with van der Waals surface area (Å²) in [5, 5.41) is 9.78. The van der Waals surface area contributed by atoms with Gasteiger partial charge in [0, 0.05) is 5.69 Å². The summed E-state index contributed by atoms with van der Waals surface area (Å²) in [6.07, 6.45) is 0. The van der Waals surface area contributed by atoms with Gasteiger partial charge in [-0.25, -0.2) is 0 Å². The van der Waals surface area contributed by atoms with Gasteiger partial charge in [0.25, 0.3) is 5.91 Å². The number of hydrogen-bond acceptors (Lipinski definition) is 4. The highest BCUT2D eigenvalue weighted by Crippen LogP contribution is 2.31. The topological polar surface area (TPSA) is 62.4 Å². The lowest BCUT2D eigenvalue weighted by atomic mass is 10.1. The van der Waals surface area contributed by atoms with Gasteiger partial charge < -0.3 is 20.7 Å². The van der Waals surface area contributed by atoms with E-state index in [0.29, 0.717) is 11.3 Å². The van der Waals surface area contributed by atoms with E-state index in [-0.39, 0.29) is 5.91 Å². The number of benzene rings is 4. The fraction of sp³-hybridized carbons (Fsp3) is 0.0741. The molecule has 0 saturated heterocycles. The van der Waals surface area contributed by atoms with E-state index in [1.807, 2.05) is 104 Å². The van der Waals surface area contributed by atoms with Crippen LogP contribution in [0.4, 0.5) is 28.4 Å². The van der Waals surface area contributed by atoms with Crippen LogP contribution in [-0.2, 0) is 0 Å². The number of anilines is 5. The van der Waals surface area contributed by atoms with Gasteiger partial charge in [0.05, 0.1) is 35.4 Å². The highest BCUT2D eigenvalue weighted by Gasteiger charge is 2.14. The molecule has 3 N–H and O–H groups in total. The second-order valence-electron chi connectivity index (χ2n) is 7.31. The Morgan fingerprint density at radius 1 is 0.625 bits per heavy atom. The monoisotopic (exact) mass is 423 g/mol. The van der Waals surface area contributed by atoms with Crippen molar-refractivity contribution < 1.29 is 9.53 Å². The molecule has 0 saturated carbocycles. The van der Waals surface area contributed by atoms with E-state index in [4.69, 9.17) is 4.74 Å². The number of carbonyl (C=O) groups is 1. The molecular formula is C27H25N3O2. The SMILES string of the molecule is COc1ccccc1Nc1ccccc1NC(=O)c1ccccc1Nc1ccccc1C. The molecule has 0 atom stereocenters. The first-order chi connectivity index (χ1) is 15.7. The first-order valence-corrected chi connectivity index (χ1v) is 10.4. The fourth-order valence-electron chi connectivity index (χ4n) is 3.43. The third kappa shape index (κ3) is 4.73. The van der Waals surface area contributed by atoms with Crippen molar-refractivity contribution in [1.29, 1.82) is 0 Å². The molecule has 0 fully saturated rings. The zero-order valence-corrected chi connectivity index (χ0v) is 18.1. The fourth-order valence-corrected chi connectivity index (χ4v) is 3.43. The number of methoxy groups -OCH3 is 1.